The third kappa shape index (κ3) is 3.60. The first-order valence-electron chi connectivity index (χ1n) is 7.00. The van der Waals surface area contributed by atoms with E-state index >= 15 is 0 Å². The molecule has 19 heavy (non-hydrogen) atoms. The van der Waals surface area contributed by atoms with Gasteiger partial charge in [0, 0.05) is 6.42 Å². The average molecular weight is 254 g/mol. The number of benzene rings is 2. The van der Waals surface area contributed by atoms with Gasteiger partial charge in [-0.3, -0.25) is 0 Å². The van der Waals surface area contributed by atoms with Crippen molar-refractivity contribution in [1.82, 2.24) is 0 Å². The van der Waals surface area contributed by atoms with Crippen LogP contribution in [0.25, 0.3) is 0 Å². The highest BCUT2D eigenvalue weighted by molar-refractivity contribution is 5.38. The quantitative estimate of drug-likeness (QED) is 0.744. The van der Waals surface area contributed by atoms with Crippen LogP contribution in [0.1, 0.15) is 43.4 Å². The standard InChI is InChI=1S/C18H22O/c1-4-19-18-8-6-5-7-17(18)13-15-9-11-16(12-10-15)14(2)3/h5-12,14H,4,13H2,1-3H3. The summed E-state index contributed by atoms with van der Waals surface area (Å²) in [6.07, 6.45) is 0.925. The first-order chi connectivity index (χ1) is 9.20. The Morgan fingerprint density at radius 3 is 2.26 bits per heavy atom. The van der Waals surface area contributed by atoms with E-state index in [-0.39, 0.29) is 0 Å². The van der Waals surface area contributed by atoms with E-state index in [1.165, 1.54) is 16.7 Å². The molecule has 0 radical (unpaired) electrons. The van der Waals surface area contributed by atoms with Gasteiger partial charge in [-0.1, -0.05) is 56.3 Å². The molecule has 0 aliphatic rings. The summed E-state index contributed by atoms with van der Waals surface area (Å²) in [5.41, 5.74) is 3.97. The highest BCUT2D eigenvalue weighted by Crippen LogP contribution is 2.22. The largest absolute Gasteiger partial charge is 0.494 e. The lowest BCUT2D eigenvalue weighted by atomic mass is 9.98. The Morgan fingerprint density at radius 1 is 0.947 bits per heavy atom. The zero-order chi connectivity index (χ0) is 13.7. The minimum Gasteiger partial charge on any atom is -0.494 e. The highest BCUT2D eigenvalue weighted by Gasteiger charge is 2.04. The molecular weight excluding hydrogens is 232 g/mol. The van der Waals surface area contributed by atoms with Gasteiger partial charge in [0.15, 0.2) is 0 Å². The predicted molar refractivity (Wildman–Crippen MR) is 80.9 cm³/mol. The molecule has 0 saturated heterocycles. The minimum absolute atomic E-state index is 0.588. The minimum atomic E-state index is 0.588. The molecule has 1 nitrogen and oxygen atoms in total. The number of hydrogen-bond acceptors (Lipinski definition) is 1. The van der Waals surface area contributed by atoms with E-state index in [4.69, 9.17) is 4.74 Å². The van der Waals surface area contributed by atoms with Gasteiger partial charge in [0.25, 0.3) is 0 Å². The monoisotopic (exact) mass is 254 g/mol. The van der Waals surface area contributed by atoms with Crippen LogP contribution in [0.5, 0.6) is 5.75 Å². The van der Waals surface area contributed by atoms with Crippen LogP contribution in [0.15, 0.2) is 48.5 Å². The molecule has 0 fully saturated rings. The van der Waals surface area contributed by atoms with Crippen molar-refractivity contribution in [1.29, 1.82) is 0 Å². The summed E-state index contributed by atoms with van der Waals surface area (Å²) >= 11 is 0. The van der Waals surface area contributed by atoms with Gasteiger partial charge in [-0.2, -0.15) is 0 Å². The summed E-state index contributed by atoms with van der Waals surface area (Å²) in [7, 11) is 0. The van der Waals surface area contributed by atoms with Gasteiger partial charge in [0.1, 0.15) is 5.75 Å². The molecule has 2 aromatic carbocycles. The maximum absolute atomic E-state index is 5.67. The number of ether oxygens (including phenoxy) is 1. The smallest absolute Gasteiger partial charge is 0.122 e. The molecule has 0 bridgehead atoms. The number of hydrogen-bond donors (Lipinski definition) is 0. The lowest BCUT2D eigenvalue weighted by molar-refractivity contribution is 0.337. The maximum Gasteiger partial charge on any atom is 0.122 e. The van der Waals surface area contributed by atoms with Crippen LogP contribution in [0, 0.1) is 0 Å². The number of rotatable bonds is 5. The van der Waals surface area contributed by atoms with E-state index in [0.717, 1.165) is 12.2 Å². The molecule has 100 valence electrons. The zero-order valence-corrected chi connectivity index (χ0v) is 12.0. The van der Waals surface area contributed by atoms with Crippen LogP contribution in [0.4, 0.5) is 0 Å². The third-order valence-electron chi connectivity index (χ3n) is 3.31. The van der Waals surface area contributed by atoms with Crippen molar-refractivity contribution in [3.05, 3.63) is 65.2 Å². The first-order valence-corrected chi connectivity index (χ1v) is 7.00. The van der Waals surface area contributed by atoms with Gasteiger partial charge in [-0.15, -0.1) is 0 Å². The lowest BCUT2D eigenvalue weighted by Crippen LogP contribution is -1.97. The molecule has 0 heterocycles. The van der Waals surface area contributed by atoms with Crippen molar-refractivity contribution >= 4 is 0 Å². The summed E-state index contributed by atoms with van der Waals surface area (Å²) in [4.78, 5) is 0. The van der Waals surface area contributed by atoms with Crippen molar-refractivity contribution in [2.24, 2.45) is 0 Å². The molecule has 0 spiro atoms. The van der Waals surface area contributed by atoms with Crippen LogP contribution in [0.3, 0.4) is 0 Å². The van der Waals surface area contributed by atoms with E-state index in [9.17, 15) is 0 Å². The van der Waals surface area contributed by atoms with E-state index in [1.807, 2.05) is 19.1 Å². The molecule has 2 aromatic rings. The molecule has 0 unspecified atom stereocenters. The maximum atomic E-state index is 5.67. The second kappa shape index (κ2) is 6.42. The molecule has 2 rings (SSSR count). The second-order valence-electron chi connectivity index (χ2n) is 5.11. The van der Waals surface area contributed by atoms with Crippen molar-refractivity contribution < 1.29 is 4.74 Å². The van der Waals surface area contributed by atoms with Gasteiger partial charge in [0.05, 0.1) is 6.61 Å². The molecule has 0 aromatic heterocycles. The summed E-state index contributed by atoms with van der Waals surface area (Å²) in [5, 5.41) is 0. The third-order valence-corrected chi connectivity index (χ3v) is 3.31. The van der Waals surface area contributed by atoms with Crippen molar-refractivity contribution in [3.8, 4) is 5.75 Å². The summed E-state index contributed by atoms with van der Waals surface area (Å²) in [6.45, 7) is 7.18. The van der Waals surface area contributed by atoms with Crippen molar-refractivity contribution in [2.45, 2.75) is 33.1 Å². The molecule has 1 heteroatoms. The molecule has 0 saturated carbocycles. The number of para-hydroxylation sites is 1. The Bertz CT molecular complexity index is 511. The van der Waals surface area contributed by atoms with Gasteiger partial charge < -0.3 is 4.74 Å². The Kier molecular flexibility index (Phi) is 4.62. The van der Waals surface area contributed by atoms with Gasteiger partial charge >= 0.3 is 0 Å². The highest BCUT2D eigenvalue weighted by atomic mass is 16.5. The van der Waals surface area contributed by atoms with Crippen LogP contribution in [-0.4, -0.2) is 6.61 Å². The van der Waals surface area contributed by atoms with E-state index in [1.54, 1.807) is 0 Å². The molecule has 0 aliphatic carbocycles. The van der Waals surface area contributed by atoms with Crippen LogP contribution < -0.4 is 4.74 Å². The second-order valence-corrected chi connectivity index (χ2v) is 5.11. The fraction of sp³-hybridized carbons (Fsp3) is 0.333. The van der Waals surface area contributed by atoms with Crippen LogP contribution >= 0.6 is 0 Å². The zero-order valence-electron chi connectivity index (χ0n) is 12.0. The lowest BCUT2D eigenvalue weighted by Gasteiger charge is -2.11. The Hall–Kier alpha value is -1.76. The van der Waals surface area contributed by atoms with E-state index in [2.05, 4.69) is 50.2 Å². The van der Waals surface area contributed by atoms with E-state index < -0.39 is 0 Å². The molecule has 0 amide bonds. The first kappa shape index (κ1) is 13.7. The summed E-state index contributed by atoms with van der Waals surface area (Å²) < 4.78 is 5.67. The fourth-order valence-electron chi connectivity index (χ4n) is 2.19. The fourth-order valence-corrected chi connectivity index (χ4v) is 2.19. The predicted octanol–water partition coefficient (Wildman–Crippen LogP) is 4.80. The molecule has 0 atom stereocenters. The van der Waals surface area contributed by atoms with Crippen molar-refractivity contribution in [3.63, 3.8) is 0 Å². The van der Waals surface area contributed by atoms with Gasteiger partial charge in [0.2, 0.25) is 0 Å². The average Bonchev–Trinajstić information content (AvgIpc) is 2.42. The van der Waals surface area contributed by atoms with Gasteiger partial charge in [-0.05, 0) is 35.6 Å². The normalized spacial score (nSPS) is 10.7. The molecule has 0 aliphatic heterocycles. The van der Waals surface area contributed by atoms with E-state index in [0.29, 0.717) is 12.5 Å². The van der Waals surface area contributed by atoms with Crippen LogP contribution in [-0.2, 0) is 6.42 Å². The molecule has 0 N–H and O–H groups in total. The Balaban J connectivity index is 2.16. The molecular formula is C18H22O. The van der Waals surface area contributed by atoms with Gasteiger partial charge in [-0.25, -0.2) is 0 Å². The Morgan fingerprint density at radius 2 is 1.63 bits per heavy atom. The van der Waals surface area contributed by atoms with Crippen LogP contribution in [0.2, 0.25) is 0 Å². The SMILES string of the molecule is CCOc1ccccc1Cc1ccc(C(C)C)cc1. The summed E-state index contributed by atoms with van der Waals surface area (Å²) in [5.74, 6) is 1.59. The Labute approximate surface area is 116 Å². The van der Waals surface area contributed by atoms with Crippen molar-refractivity contribution in [2.75, 3.05) is 6.61 Å². The topological polar surface area (TPSA) is 9.23 Å². The summed E-state index contributed by atoms with van der Waals surface area (Å²) in [6, 6.07) is 17.2.